The van der Waals surface area contributed by atoms with Gasteiger partial charge in [0.15, 0.2) is 11.5 Å². The molecule has 3 aromatic rings. The number of carbonyl (C=O) groups excluding carboxylic acids is 1. The molecule has 1 N–H and O–H groups in total. The van der Waals surface area contributed by atoms with Gasteiger partial charge in [-0.3, -0.25) is 9.10 Å². The van der Waals surface area contributed by atoms with E-state index in [1.54, 1.807) is 48.5 Å². The predicted molar refractivity (Wildman–Crippen MR) is 136 cm³/mol. The summed E-state index contributed by atoms with van der Waals surface area (Å²) in [4.78, 5) is 12.9. The molecule has 0 aliphatic rings. The Hall–Kier alpha value is -4.25. The Morgan fingerprint density at radius 2 is 1.61 bits per heavy atom. The van der Waals surface area contributed by atoms with Crippen molar-refractivity contribution in [2.75, 3.05) is 39.3 Å². The molecule has 0 fully saturated rings. The Kier molecular flexibility index (Phi) is 8.74. The van der Waals surface area contributed by atoms with Crippen LogP contribution in [-0.4, -0.2) is 55.5 Å². The second-order valence-corrected chi connectivity index (χ2v) is 9.10. The summed E-state index contributed by atoms with van der Waals surface area (Å²) in [6.45, 7) is -0.576. The lowest BCUT2D eigenvalue weighted by Crippen LogP contribution is -2.39. The lowest BCUT2D eigenvalue weighted by atomic mass is 10.2. The van der Waals surface area contributed by atoms with E-state index in [1.807, 2.05) is 0 Å². The SMILES string of the molecule is COc1ccc(OC)c(N(CC(=O)N/N=C\c2cccc(OC)c2OC)S(=O)(=O)c2ccccc2)c1. The van der Waals surface area contributed by atoms with E-state index in [1.165, 1.54) is 52.9 Å². The molecule has 0 spiro atoms. The first-order chi connectivity index (χ1) is 17.3. The average Bonchev–Trinajstić information content (AvgIpc) is 2.91. The molecule has 0 radical (unpaired) electrons. The first-order valence-corrected chi connectivity index (χ1v) is 12.1. The summed E-state index contributed by atoms with van der Waals surface area (Å²) in [5.74, 6) is 0.887. The highest BCUT2D eigenvalue weighted by molar-refractivity contribution is 7.92. The molecule has 0 bridgehead atoms. The molecule has 3 aromatic carbocycles. The second-order valence-electron chi connectivity index (χ2n) is 7.24. The number of hydrogen-bond acceptors (Lipinski definition) is 8. The molecule has 0 aliphatic heterocycles. The first-order valence-electron chi connectivity index (χ1n) is 10.7. The largest absolute Gasteiger partial charge is 0.497 e. The monoisotopic (exact) mass is 513 g/mol. The molecule has 0 aromatic heterocycles. The van der Waals surface area contributed by atoms with Gasteiger partial charge in [-0.2, -0.15) is 5.10 Å². The summed E-state index contributed by atoms with van der Waals surface area (Å²) >= 11 is 0. The molecule has 10 nitrogen and oxygen atoms in total. The summed E-state index contributed by atoms with van der Waals surface area (Å²) in [7, 11) is 1.70. The van der Waals surface area contributed by atoms with Gasteiger partial charge in [0, 0.05) is 11.6 Å². The molecule has 0 aliphatic carbocycles. The van der Waals surface area contributed by atoms with Gasteiger partial charge in [-0.25, -0.2) is 13.8 Å². The van der Waals surface area contributed by atoms with Crippen LogP contribution in [0.2, 0.25) is 0 Å². The van der Waals surface area contributed by atoms with E-state index >= 15 is 0 Å². The zero-order chi connectivity index (χ0) is 26.1. The van der Waals surface area contributed by atoms with Crippen LogP contribution in [0.4, 0.5) is 5.69 Å². The molecule has 0 saturated carbocycles. The van der Waals surface area contributed by atoms with Gasteiger partial charge in [0.1, 0.15) is 18.0 Å². The van der Waals surface area contributed by atoms with Gasteiger partial charge >= 0.3 is 0 Å². The molecule has 3 rings (SSSR count). The maximum absolute atomic E-state index is 13.6. The third-order valence-corrected chi connectivity index (χ3v) is 6.87. The van der Waals surface area contributed by atoms with E-state index in [-0.39, 0.29) is 16.3 Å². The average molecular weight is 514 g/mol. The minimum absolute atomic E-state index is 0.00675. The number of para-hydroxylation sites is 1. The van der Waals surface area contributed by atoms with E-state index in [4.69, 9.17) is 18.9 Å². The van der Waals surface area contributed by atoms with Crippen molar-refractivity contribution in [2.24, 2.45) is 5.10 Å². The highest BCUT2D eigenvalue weighted by Gasteiger charge is 2.29. The number of ether oxygens (including phenoxy) is 4. The zero-order valence-corrected chi connectivity index (χ0v) is 21.1. The van der Waals surface area contributed by atoms with Gasteiger partial charge in [0.05, 0.1) is 45.2 Å². The van der Waals surface area contributed by atoms with Gasteiger partial charge in [0.25, 0.3) is 15.9 Å². The number of benzene rings is 3. The van der Waals surface area contributed by atoms with Crippen LogP contribution in [0.25, 0.3) is 0 Å². The molecule has 1 amide bonds. The molecule has 190 valence electrons. The molecule has 0 saturated heterocycles. The highest BCUT2D eigenvalue weighted by Crippen LogP contribution is 2.35. The number of hydrogen-bond donors (Lipinski definition) is 1. The Morgan fingerprint density at radius 3 is 2.25 bits per heavy atom. The topological polar surface area (TPSA) is 116 Å². The number of hydrazone groups is 1. The maximum Gasteiger partial charge on any atom is 0.264 e. The van der Waals surface area contributed by atoms with Gasteiger partial charge in [-0.15, -0.1) is 0 Å². The molecule has 0 unspecified atom stereocenters. The van der Waals surface area contributed by atoms with Crippen molar-refractivity contribution in [3.8, 4) is 23.0 Å². The molecular formula is C25H27N3O7S. The van der Waals surface area contributed by atoms with Crippen molar-refractivity contribution in [1.29, 1.82) is 0 Å². The lowest BCUT2D eigenvalue weighted by molar-refractivity contribution is -0.119. The Bertz CT molecular complexity index is 1330. The van der Waals surface area contributed by atoms with Crippen LogP contribution < -0.4 is 28.7 Å². The van der Waals surface area contributed by atoms with Crippen LogP contribution in [0.1, 0.15) is 5.56 Å². The van der Waals surface area contributed by atoms with E-state index in [0.717, 1.165) is 4.31 Å². The number of nitrogens with one attached hydrogen (secondary N) is 1. The third-order valence-electron chi connectivity index (χ3n) is 5.10. The second kappa shape index (κ2) is 11.9. The summed E-state index contributed by atoms with van der Waals surface area (Å²) < 4.78 is 49.3. The van der Waals surface area contributed by atoms with Crippen LogP contribution in [0.15, 0.2) is 76.7 Å². The smallest absolute Gasteiger partial charge is 0.264 e. The van der Waals surface area contributed by atoms with Crippen LogP contribution in [-0.2, 0) is 14.8 Å². The van der Waals surface area contributed by atoms with Crippen molar-refractivity contribution >= 4 is 27.8 Å². The van der Waals surface area contributed by atoms with Gasteiger partial charge < -0.3 is 18.9 Å². The summed E-state index contributed by atoms with van der Waals surface area (Å²) in [5.41, 5.74) is 3.06. The molecular weight excluding hydrogens is 486 g/mol. The number of methoxy groups -OCH3 is 4. The normalized spacial score (nSPS) is 11.1. The van der Waals surface area contributed by atoms with Gasteiger partial charge in [-0.05, 0) is 36.4 Å². The van der Waals surface area contributed by atoms with Crippen LogP contribution in [0.3, 0.4) is 0 Å². The summed E-state index contributed by atoms with van der Waals surface area (Å²) in [6, 6.07) is 17.6. The fourth-order valence-corrected chi connectivity index (χ4v) is 4.81. The molecule has 36 heavy (non-hydrogen) atoms. The van der Waals surface area contributed by atoms with Crippen LogP contribution in [0.5, 0.6) is 23.0 Å². The van der Waals surface area contributed by atoms with Crippen molar-refractivity contribution in [3.05, 3.63) is 72.3 Å². The Morgan fingerprint density at radius 1 is 0.889 bits per heavy atom. The molecule has 0 heterocycles. The Labute approximate surface area is 210 Å². The molecule has 11 heteroatoms. The van der Waals surface area contributed by atoms with Crippen molar-refractivity contribution < 1.29 is 32.2 Å². The maximum atomic E-state index is 13.6. The van der Waals surface area contributed by atoms with Crippen LogP contribution >= 0.6 is 0 Å². The summed E-state index contributed by atoms with van der Waals surface area (Å²) in [6.07, 6.45) is 1.38. The van der Waals surface area contributed by atoms with E-state index in [2.05, 4.69) is 10.5 Å². The first kappa shape index (κ1) is 26.4. The summed E-state index contributed by atoms with van der Waals surface area (Å²) in [5, 5.41) is 3.97. The van der Waals surface area contributed by atoms with Crippen molar-refractivity contribution in [2.45, 2.75) is 4.90 Å². The number of sulfonamides is 1. The van der Waals surface area contributed by atoms with E-state index in [9.17, 15) is 13.2 Å². The minimum Gasteiger partial charge on any atom is -0.497 e. The fraction of sp³-hybridized carbons (Fsp3) is 0.200. The van der Waals surface area contributed by atoms with Gasteiger partial charge in [0.2, 0.25) is 0 Å². The van der Waals surface area contributed by atoms with Crippen molar-refractivity contribution in [1.82, 2.24) is 5.43 Å². The van der Waals surface area contributed by atoms with Crippen molar-refractivity contribution in [3.63, 3.8) is 0 Å². The molecule has 0 atom stereocenters. The number of rotatable bonds is 11. The number of carbonyl (C=O) groups is 1. The van der Waals surface area contributed by atoms with Gasteiger partial charge in [-0.1, -0.05) is 24.3 Å². The quantitative estimate of drug-likeness (QED) is 0.309. The Balaban J connectivity index is 1.93. The van der Waals surface area contributed by atoms with E-state index in [0.29, 0.717) is 22.8 Å². The minimum atomic E-state index is -4.16. The highest BCUT2D eigenvalue weighted by atomic mass is 32.2. The fourth-order valence-electron chi connectivity index (χ4n) is 3.36. The number of nitrogens with zero attached hydrogens (tertiary/aromatic N) is 2. The number of anilines is 1. The van der Waals surface area contributed by atoms with Crippen LogP contribution in [0, 0.1) is 0 Å². The predicted octanol–water partition coefficient (Wildman–Crippen LogP) is 3.07. The zero-order valence-electron chi connectivity index (χ0n) is 20.3. The lowest BCUT2D eigenvalue weighted by Gasteiger charge is -2.25. The number of amides is 1. The third kappa shape index (κ3) is 5.87. The standard InChI is InChI=1S/C25H27N3O7S/c1-32-19-13-14-22(33-2)21(15-19)28(36(30,31)20-10-6-5-7-11-20)17-24(29)27-26-16-18-9-8-12-23(34-3)25(18)35-4/h5-16H,17H2,1-4H3,(H,27,29)/b26-16-. The van der Waals surface area contributed by atoms with E-state index < -0.39 is 22.5 Å².